The van der Waals surface area contributed by atoms with Crippen molar-refractivity contribution >= 4 is 11.2 Å². The first-order valence-corrected chi connectivity index (χ1v) is 8.86. The number of nitrogens with zero attached hydrogens (tertiary/aromatic N) is 5. The molecule has 132 valence electrons. The number of aryl methyl sites for hydroxylation is 2. The normalized spacial score (nSPS) is 19.2. The van der Waals surface area contributed by atoms with Crippen LogP contribution in [0.15, 0.2) is 15.9 Å². The highest BCUT2D eigenvalue weighted by atomic mass is 16.2. The van der Waals surface area contributed by atoms with Gasteiger partial charge in [-0.15, -0.1) is 0 Å². The molecule has 3 rings (SSSR count). The highest BCUT2D eigenvalue weighted by Gasteiger charge is 2.19. The van der Waals surface area contributed by atoms with Crippen molar-refractivity contribution in [1.29, 1.82) is 0 Å². The monoisotopic (exact) mass is 333 g/mol. The standard InChI is InChI=1S/C17H27N5O2/c1-4-13-7-5-8-21(11-13)9-6-10-22-16(23)14-15(18-12-19(14)2)20(3)17(22)24/h12-13H,4-11H2,1-3H3/t13-/m0/s1. The van der Waals surface area contributed by atoms with Gasteiger partial charge in [0.1, 0.15) is 0 Å². The minimum atomic E-state index is -0.281. The number of aromatic nitrogens is 4. The predicted octanol–water partition coefficient (Wildman–Crippen LogP) is 0.946. The Morgan fingerprint density at radius 3 is 2.79 bits per heavy atom. The van der Waals surface area contributed by atoms with Crippen LogP contribution in [0.3, 0.4) is 0 Å². The summed E-state index contributed by atoms with van der Waals surface area (Å²) in [5.41, 5.74) is 0.418. The van der Waals surface area contributed by atoms with Crippen molar-refractivity contribution in [1.82, 2.24) is 23.6 Å². The molecule has 0 aromatic carbocycles. The molecule has 24 heavy (non-hydrogen) atoms. The molecule has 0 saturated carbocycles. The van der Waals surface area contributed by atoms with E-state index in [2.05, 4.69) is 16.8 Å². The Kier molecular flexibility index (Phi) is 4.89. The number of rotatable bonds is 5. The van der Waals surface area contributed by atoms with Crippen LogP contribution < -0.4 is 11.2 Å². The fraction of sp³-hybridized carbons (Fsp3) is 0.706. The lowest BCUT2D eigenvalue weighted by atomic mass is 9.95. The summed E-state index contributed by atoms with van der Waals surface area (Å²) in [7, 11) is 3.45. The van der Waals surface area contributed by atoms with Crippen LogP contribution in [-0.4, -0.2) is 43.2 Å². The Balaban J connectivity index is 1.75. The van der Waals surface area contributed by atoms with Gasteiger partial charge in [-0.25, -0.2) is 9.78 Å². The summed E-state index contributed by atoms with van der Waals surface area (Å²) in [5, 5.41) is 0. The van der Waals surface area contributed by atoms with Gasteiger partial charge in [0, 0.05) is 27.2 Å². The number of likely N-dealkylation sites (tertiary alicyclic amines) is 1. The number of imidazole rings is 1. The van der Waals surface area contributed by atoms with Crippen molar-refractivity contribution in [2.75, 3.05) is 19.6 Å². The fourth-order valence-electron chi connectivity index (χ4n) is 3.73. The quantitative estimate of drug-likeness (QED) is 0.817. The summed E-state index contributed by atoms with van der Waals surface area (Å²) in [5.74, 6) is 0.792. The lowest BCUT2D eigenvalue weighted by molar-refractivity contribution is 0.167. The fourth-order valence-corrected chi connectivity index (χ4v) is 3.73. The van der Waals surface area contributed by atoms with E-state index < -0.39 is 0 Å². The highest BCUT2D eigenvalue weighted by Crippen LogP contribution is 2.19. The molecule has 2 aromatic rings. The first-order chi connectivity index (χ1) is 11.5. The summed E-state index contributed by atoms with van der Waals surface area (Å²) in [6.07, 6.45) is 6.20. The largest absolute Gasteiger partial charge is 0.332 e. The van der Waals surface area contributed by atoms with Crippen molar-refractivity contribution < 1.29 is 0 Å². The molecule has 0 spiro atoms. The zero-order chi connectivity index (χ0) is 17.3. The van der Waals surface area contributed by atoms with Crippen LogP contribution in [-0.2, 0) is 20.6 Å². The van der Waals surface area contributed by atoms with E-state index in [-0.39, 0.29) is 11.2 Å². The average molecular weight is 333 g/mol. The molecule has 7 heteroatoms. The second-order valence-corrected chi connectivity index (χ2v) is 6.90. The maximum absolute atomic E-state index is 12.6. The Bertz CT molecular complexity index is 832. The third-order valence-corrected chi connectivity index (χ3v) is 5.24. The molecule has 0 aliphatic carbocycles. The van der Waals surface area contributed by atoms with Crippen LogP contribution in [0.1, 0.15) is 32.6 Å². The van der Waals surface area contributed by atoms with Crippen molar-refractivity contribution in [2.45, 2.75) is 39.2 Å². The smallest absolute Gasteiger partial charge is 0.328 e. The van der Waals surface area contributed by atoms with E-state index in [0.29, 0.717) is 17.7 Å². The van der Waals surface area contributed by atoms with Gasteiger partial charge >= 0.3 is 5.69 Å². The van der Waals surface area contributed by atoms with E-state index >= 15 is 0 Å². The van der Waals surface area contributed by atoms with E-state index in [1.807, 2.05) is 0 Å². The van der Waals surface area contributed by atoms with E-state index in [1.54, 1.807) is 25.0 Å². The van der Waals surface area contributed by atoms with E-state index in [0.717, 1.165) is 32.0 Å². The van der Waals surface area contributed by atoms with Crippen molar-refractivity contribution in [3.8, 4) is 0 Å². The van der Waals surface area contributed by atoms with Crippen molar-refractivity contribution in [2.24, 2.45) is 20.0 Å². The Labute approximate surface area is 141 Å². The second kappa shape index (κ2) is 6.93. The van der Waals surface area contributed by atoms with Crippen LogP contribution in [0.25, 0.3) is 11.2 Å². The van der Waals surface area contributed by atoms with Gasteiger partial charge in [0.25, 0.3) is 5.56 Å². The molecule has 0 amide bonds. The summed E-state index contributed by atoms with van der Waals surface area (Å²) in [4.78, 5) is 31.7. The van der Waals surface area contributed by atoms with Crippen LogP contribution in [0.2, 0.25) is 0 Å². The highest BCUT2D eigenvalue weighted by molar-refractivity contribution is 5.69. The van der Waals surface area contributed by atoms with Gasteiger partial charge in [-0.3, -0.25) is 13.9 Å². The zero-order valence-electron chi connectivity index (χ0n) is 14.9. The molecule has 0 unspecified atom stereocenters. The maximum atomic E-state index is 12.6. The zero-order valence-corrected chi connectivity index (χ0v) is 14.9. The molecular weight excluding hydrogens is 306 g/mol. The molecule has 0 bridgehead atoms. The van der Waals surface area contributed by atoms with Gasteiger partial charge in [0.2, 0.25) is 0 Å². The molecule has 3 heterocycles. The summed E-state index contributed by atoms with van der Waals surface area (Å²) < 4.78 is 4.50. The SMILES string of the molecule is CC[C@H]1CCCN(CCCn2c(=O)c3c(ncn3C)n(C)c2=O)C1. The number of hydrogen-bond donors (Lipinski definition) is 0. The lowest BCUT2D eigenvalue weighted by Crippen LogP contribution is -2.41. The summed E-state index contributed by atoms with van der Waals surface area (Å²) >= 11 is 0. The topological polar surface area (TPSA) is 65.1 Å². The molecule has 2 aromatic heterocycles. The van der Waals surface area contributed by atoms with Gasteiger partial charge < -0.3 is 9.47 Å². The molecule has 1 fully saturated rings. The molecule has 1 saturated heterocycles. The molecule has 7 nitrogen and oxygen atoms in total. The van der Waals surface area contributed by atoms with Gasteiger partial charge in [-0.1, -0.05) is 13.3 Å². The van der Waals surface area contributed by atoms with Crippen LogP contribution in [0, 0.1) is 5.92 Å². The molecule has 0 radical (unpaired) electrons. The van der Waals surface area contributed by atoms with Crippen molar-refractivity contribution in [3.05, 3.63) is 27.2 Å². The third-order valence-electron chi connectivity index (χ3n) is 5.24. The molecule has 0 N–H and O–H groups in total. The average Bonchev–Trinajstić information content (AvgIpc) is 2.98. The summed E-state index contributed by atoms with van der Waals surface area (Å²) in [6.45, 7) is 5.92. The minimum absolute atomic E-state index is 0.238. The Hall–Kier alpha value is -1.89. The molecule has 1 aliphatic rings. The second-order valence-electron chi connectivity index (χ2n) is 6.90. The van der Waals surface area contributed by atoms with Crippen LogP contribution >= 0.6 is 0 Å². The van der Waals surface area contributed by atoms with Gasteiger partial charge in [-0.05, 0) is 38.3 Å². The summed E-state index contributed by atoms with van der Waals surface area (Å²) in [6, 6.07) is 0. The first-order valence-electron chi connectivity index (χ1n) is 8.86. The lowest BCUT2D eigenvalue weighted by Gasteiger charge is -2.32. The maximum Gasteiger partial charge on any atom is 0.332 e. The van der Waals surface area contributed by atoms with E-state index in [9.17, 15) is 9.59 Å². The predicted molar refractivity (Wildman–Crippen MR) is 94.3 cm³/mol. The minimum Gasteiger partial charge on any atom is -0.328 e. The third kappa shape index (κ3) is 3.05. The van der Waals surface area contributed by atoms with Crippen LogP contribution in [0.4, 0.5) is 0 Å². The molecule has 1 atom stereocenters. The van der Waals surface area contributed by atoms with E-state index in [4.69, 9.17) is 0 Å². The van der Waals surface area contributed by atoms with Crippen molar-refractivity contribution in [3.63, 3.8) is 0 Å². The number of piperidine rings is 1. The molecular formula is C17H27N5O2. The van der Waals surface area contributed by atoms with Gasteiger partial charge in [0.15, 0.2) is 11.2 Å². The number of hydrogen-bond acceptors (Lipinski definition) is 4. The van der Waals surface area contributed by atoms with Gasteiger partial charge in [0.05, 0.1) is 6.33 Å². The first kappa shape index (κ1) is 17.0. The number of fused-ring (bicyclic) bond motifs is 1. The molecule has 1 aliphatic heterocycles. The van der Waals surface area contributed by atoms with Crippen LogP contribution in [0.5, 0.6) is 0 Å². The Morgan fingerprint density at radius 2 is 2.04 bits per heavy atom. The van der Waals surface area contributed by atoms with Gasteiger partial charge in [-0.2, -0.15) is 0 Å². The Morgan fingerprint density at radius 1 is 1.25 bits per heavy atom. The van der Waals surface area contributed by atoms with E-state index in [1.165, 1.54) is 28.4 Å².